The fourth-order valence-electron chi connectivity index (χ4n) is 0.889. The van der Waals surface area contributed by atoms with Crippen LogP contribution in [0.4, 0.5) is 3.89 Å². The summed E-state index contributed by atoms with van der Waals surface area (Å²) in [4.78, 5) is 13.7. The normalized spacial score (nSPS) is 11.6. The molecule has 6 nitrogen and oxygen atoms in total. The Balaban J connectivity index is 0.000000437. The van der Waals surface area contributed by atoms with Crippen LogP contribution in [0.3, 0.4) is 0 Å². The van der Waals surface area contributed by atoms with E-state index in [4.69, 9.17) is 17.4 Å². The van der Waals surface area contributed by atoms with Gasteiger partial charge < -0.3 is 8.97 Å². The molecule has 1 N–H and O–H groups in total. The van der Waals surface area contributed by atoms with Crippen molar-refractivity contribution in [3.63, 3.8) is 0 Å². The Labute approximate surface area is 98.5 Å². The Hall–Kier alpha value is -1.28. The molecule has 1 rings (SSSR count). The van der Waals surface area contributed by atoms with E-state index in [0.717, 1.165) is 0 Å². The first-order valence-electron chi connectivity index (χ1n) is 4.59. The smallest absolute Gasteiger partial charge is 0.416 e. The van der Waals surface area contributed by atoms with Crippen molar-refractivity contribution in [2.24, 2.45) is 0 Å². The first-order chi connectivity index (χ1) is 7.39. The summed E-state index contributed by atoms with van der Waals surface area (Å²) in [6.45, 7) is 7.73. The van der Waals surface area contributed by atoms with Gasteiger partial charge in [0.1, 0.15) is 5.76 Å². The van der Waals surface area contributed by atoms with Crippen LogP contribution in [0.5, 0.6) is 0 Å². The van der Waals surface area contributed by atoms with Gasteiger partial charge >= 0.3 is 11.4 Å². The molecule has 0 aliphatic heterocycles. The minimum atomic E-state index is -5.42. The highest BCUT2D eigenvalue weighted by Crippen LogP contribution is 2.16. The summed E-state index contributed by atoms with van der Waals surface area (Å²) in [7, 11) is -5.42. The summed E-state index contributed by atoms with van der Waals surface area (Å²) in [6, 6.07) is 1.44. The molecular formula is C9H14FNO5S. The lowest BCUT2D eigenvalue weighted by Crippen LogP contribution is -2.35. The van der Waals surface area contributed by atoms with Crippen molar-refractivity contribution >= 4 is 10.5 Å². The molecule has 0 fully saturated rings. The van der Waals surface area contributed by atoms with Crippen molar-refractivity contribution in [3.05, 3.63) is 28.1 Å². The molecule has 0 atom stereocenters. The van der Waals surface area contributed by atoms with Crippen molar-refractivity contribution in [3.8, 4) is 0 Å². The van der Waals surface area contributed by atoms with Crippen molar-refractivity contribution in [2.75, 3.05) is 0 Å². The van der Waals surface area contributed by atoms with E-state index in [1.54, 1.807) is 6.92 Å². The maximum absolute atomic E-state index is 11.0. The van der Waals surface area contributed by atoms with Crippen molar-refractivity contribution < 1.29 is 26.3 Å². The largest absolute Gasteiger partial charge is 0.722 e. The molecule has 0 radical (unpaired) electrons. The van der Waals surface area contributed by atoms with E-state index in [0.29, 0.717) is 11.7 Å². The second kappa shape index (κ2) is 5.37. The van der Waals surface area contributed by atoms with Crippen LogP contribution >= 0.6 is 0 Å². The van der Waals surface area contributed by atoms with Gasteiger partial charge in [0.25, 0.3) is 10.5 Å². The van der Waals surface area contributed by atoms with Crippen LogP contribution in [-0.2, 0) is 15.9 Å². The molecule has 1 aromatic rings. The number of H-pyrrole nitrogens is 1. The highest BCUT2D eigenvalue weighted by molar-refractivity contribution is 7.80. The number of aromatic nitrogens is 1. The molecule has 0 saturated carbocycles. The quantitative estimate of drug-likeness (QED) is 0.502. The van der Waals surface area contributed by atoms with Crippen molar-refractivity contribution in [2.45, 2.75) is 33.1 Å². The van der Waals surface area contributed by atoms with E-state index in [1.165, 1.54) is 6.07 Å². The first kappa shape index (κ1) is 15.7. The fourth-order valence-corrected chi connectivity index (χ4v) is 0.889. The number of hydrogen-bond acceptors (Lipinski definition) is 5. The lowest BCUT2D eigenvalue weighted by molar-refractivity contribution is -0.435. The van der Waals surface area contributed by atoms with Crippen LogP contribution in [0.1, 0.15) is 32.4 Å². The van der Waals surface area contributed by atoms with Gasteiger partial charge in [-0.2, -0.15) is 0 Å². The fraction of sp³-hybridized carbons (Fsp3) is 0.556. The standard InChI is InChI=1S/C9H13NO2.FHO3S/c1-6-5-7(11)10-8(12-6)9(2,3)4;1-5(2,3)4/h5H,1-4H3;(H,2,3,4). The van der Waals surface area contributed by atoms with Gasteiger partial charge in [-0.05, 0) is 27.7 Å². The van der Waals surface area contributed by atoms with Gasteiger partial charge in [-0.15, -0.1) is 8.87 Å². The lowest BCUT2D eigenvalue weighted by Gasteiger charge is -2.09. The average Bonchev–Trinajstić information content (AvgIpc) is 1.96. The molecule has 0 unspecified atom stereocenters. The average molecular weight is 267 g/mol. The minimum Gasteiger partial charge on any atom is -0.722 e. The van der Waals surface area contributed by atoms with Gasteiger partial charge in [0, 0.05) is 0 Å². The maximum atomic E-state index is 11.0. The molecular weight excluding hydrogens is 253 g/mol. The zero-order valence-corrected chi connectivity index (χ0v) is 10.7. The lowest BCUT2D eigenvalue weighted by atomic mass is 9.97. The molecule has 1 aromatic heterocycles. The summed E-state index contributed by atoms with van der Waals surface area (Å²) >= 11 is 0. The zero-order chi connectivity index (χ0) is 13.9. The van der Waals surface area contributed by atoms with Crippen molar-refractivity contribution in [1.82, 2.24) is 0 Å². The van der Waals surface area contributed by atoms with E-state index in [2.05, 4.69) is 4.98 Å². The van der Waals surface area contributed by atoms with Gasteiger partial charge in [-0.3, -0.25) is 0 Å². The Bertz CT molecular complexity index is 521. The molecule has 8 heteroatoms. The van der Waals surface area contributed by atoms with E-state index in [-0.39, 0.29) is 11.0 Å². The van der Waals surface area contributed by atoms with E-state index < -0.39 is 10.5 Å². The second-order valence-electron chi connectivity index (χ2n) is 4.32. The number of nitrogens with one attached hydrogen (secondary N) is 1. The van der Waals surface area contributed by atoms with Crippen molar-refractivity contribution in [1.29, 1.82) is 0 Å². The Morgan fingerprint density at radius 2 is 1.82 bits per heavy atom. The third kappa shape index (κ3) is 8.52. The second-order valence-corrected chi connectivity index (χ2v) is 5.10. The zero-order valence-electron chi connectivity index (χ0n) is 9.90. The Morgan fingerprint density at radius 1 is 1.41 bits per heavy atom. The monoisotopic (exact) mass is 267 g/mol. The number of rotatable bonds is 0. The van der Waals surface area contributed by atoms with Gasteiger partial charge in [-0.25, -0.2) is 13.2 Å². The number of halogens is 1. The summed E-state index contributed by atoms with van der Waals surface area (Å²) in [5.41, 5.74) is -0.255. The molecule has 0 amide bonds. The predicted octanol–water partition coefficient (Wildman–Crippen LogP) is 0.476. The molecule has 0 spiro atoms. The molecule has 0 aliphatic rings. The molecule has 0 aliphatic carbocycles. The Kier molecular flexibility index (Phi) is 4.96. The Morgan fingerprint density at radius 3 is 2.12 bits per heavy atom. The summed E-state index contributed by atoms with van der Waals surface area (Å²) in [6.07, 6.45) is 0. The van der Waals surface area contributed by atoms with Gasteiger partial charge in [0.2, 0.25) is 0 Å². The SMILES string of the molecule is Cc1cc(=O)[nH+]c(C(C)(C)C)o1.O=S(=O)([O-])F. The molecule has 0 bridgehead atoms. The van der Waals surface area contributed by atoms with Crippen LogP contribution in [0, 0.1) is 6.92 Å². The number of aromatic amines is 1. The van der Waals surface area contributed by atoms with Gasteiger partial charge in [-0.1, -0.05) is 0 Å². The molecule has 1 heterocycles. The van der Waals surface area contributed by atoms with Gasteiger partial charge in [0.05, 0.1) is 11.5 Å². The van der Waals surface area contributed by atoms with Crippen LogP contribution in [0.25, 0.3) is 0 Å². The first-order valence-corrected chi connectivity index (χ1v) is 5.90. The molecule has 0 aromatic carbocycles. The highest BCUT2D eigenvalue weighted by atomic mass is 32.3. The highest BCUT2D eigenvalue weighted by Gasteiger charge is 2.25. The summed E-state index contributed by atoms with van der Waals surface area (Å²) < 4.78 is 40.7. The van der Waals surface area contributed by atoms with Gasteiger partial charge in [0.15, 0.2) is 0 Å². The van der Waals surface area contributed by atoms with Crippen LogP contribution in [-0.4, -0.2) is 13.0 Å². The third-order valence-electron chi connectivity index (χ3n) is 1.52. The molecule has 0 saturated heterocycles. The molecule has 17 heavy (non-hydrogen) atoms. The van der Waals surface area contributed by atoms with Crippen LogP contribution in [0.2, 0.25) is 0 Å². The van der Waals surface area contributed by atoms with E-state index in [1.807, 2.05) is 20.8 Å². The summed E-state index contributed by atoms with van der Waals surface area (Å²) in [5, 5.41) is 0. The minimum absolute atomic E-state index is 0.108. The number of hydrogen-bond donors (Lipinski definition) is 0. The topological polar surface area (TPSA) is 102 Å². The molecule has 98 valence electrons. The predicted molar refractivity (Wildman–Crippen MR) is 55.8 cm³/mol. The third-order valence-corrected chi connectivity index (χ3v) is 1.52. The van der Waals surface area contributed by atoms with E-state index >= 15 is 0 Å². The van der Waals surface area contributed by atoms with E-state index in [9.17, 15) is 8.68 Å². The maximum Gasteiger partial charge on any atom is 0.416 e. The van der Waals surface area contributed by atoms with Crippen LogP contribution < -0.4 is 10.5 Å². The number of aryl methyl sites for hydroxylation is 1. The van der Waals surface area contributed by atoms with Crippen LogP contribution in [0.15, 0.2) is 15.3 Å². The summed E-state index contributed by atoms with van der Waals surface area (Å²) in [5.74, 6) is 1.26.